The van der Waals surface area contributed by atoms with E-state index in [2.05, 4.69) is 6.58 Å². The Bertz CT molecular complexity index is 732. The standard InChI is InChI=1S/C25H31NO2/c1-5-6-7-14-19-22(24(27)28-25(2,3)4)26-23(20-15-10-8-11-16-20)21-17-12-9-13-18-21/h5,8-13,15-18,22H,1,6-7,14,19H2,2-4H3. The molecule has 0 aliphatic carbocycles. The van der Waals surface area contributed by atoms with E-state index in [0.29, 0.717) is 6.42 Å². The van der Waals surface area contributed by atoms with Gasteiger partial charge in [0.2, 0.25) is 0 Å². The van der Waals surface area contributed by atoms with Gasteiger partial charge < -0.3 is 4.74 Å². The third kappa shape index (κ3) is 7.15. The van der Waals surface area contributed by atoms with Gasteiger partial charge >= 0.3 is 5.97 Å². The number of hydrogen-bond acceptors (Lipinski definition) is 3. The van der Waals surface area contributed by atoms with Crippen molar-refractivity contribution in [1.82, 2.24) is 0 Å². The highest BCUT2D eigenvalue weighted by Crippen LogP contribution is 2.18. The topological polar surface area (TPSA) is 38.7 Å². The molecule has 0 N–H and O–H groups in total. The highest BCUT2D eigenvalue weighted by Gasteiger charge is 2.25. The molecule has 28 heavy (non-hydrogen) atoms. The second kappa shape index (κ2) is 10.6. The average molecular weight is 378 g/mol. The molecule has 0 radical (unpaired) electrons. The monoisotopic (exact) mass is 377 g/mol. The molecule has 148 valence electrons. The van der Waals surface area contributed by atoms with Gasteiger partial charge in [-0.3, -0.25) is 4.99 Å². The fraction of sp³-hybridized carbons (Fsp3) is 0.360. The van der Waals surface area contributed by atoms with Crippen LogP contribution in [0.5, 0.6) is 0 Å². The van der Waals surface area contributed by atoms with E-state index < -0.39 is 11.6 Å². The molecule has 2 rings (SSSR count). The van der Waals surface area contributed by atoms with Gasteiger partial charge in [0.1, 0.15) is 11.6 Å². The van der Waals surface area contributed by atoms with E-state index >= 15 is 0 Å². The van der Waals surface area contributed by atoms with Crippen molar-refractivity contribution in [3.63, 3.8) is 0 Å². The zero-order valence-corrected chi connectivity index (χ0v) is 17.2. The minimum absolute atomic E-state index is 0.268. The number of ether oxygens (including phenoxy) is 1. The second-order valence-corrected chi connectivity index (χ2v) is 7.83. The van der Waals surface area contributed by atoms with Gasteiger partial charge in [-0.15, -0.1) is 6.58 Å². The first-order valence-electron chi connectivity index (χ1n) is 9.93. The maximum atomic E-state index is 12.9. The molecule has 0 saturated heterocycles. The highest BCUT2D eigenvalue weighted by molar-refractivity contribution is 6.13. The van der Waals surface area contributed by atoms with E-state index in [1.807, 2.05) is 87.5 Å². The maximum Gasteiger partial charge on any atom is 0.331 e. The summed E-state index contributed by atoms with van der Waals surface area (Å²) < 4.78 is 5.66. The van der Waals surface area contributed by atoms with Crippen LogP contribution in [0.4, 0.5) is 0 Å². The summed E-state index contributed by atoms with van der Waals surface area (Å²) in [5.41, 5.74) is 2.27. The normalized spacial score (nSPS) is 12.1. The molecule has 2 aromatic carbocycles. The van der Waals surface area contributed by atoms with Crippen molar-refractivity contribution >= 4 is 11.7 Å². The minimum atomic E-state index is -0.536. The zero-order valence-electron chi connectivity index (χ0n) is 17.2. The summed E-state index contributed by atoms with van der Waals surface area (Å²) in [5, 5.41) is 0. The Morgan fingerprint density at radius 3 is 2.00 bits per heavy atom. The Hall–Kier alpha value is -2.68. The minimum Gasteiger partial charge on any atom is -0.458 e. The van der Waals surface area contributed by atoms with E-state index in [0.717, 1.165) is 36.1 Å². The summed E-state index contributed by atoms with van der Waals surface area (Å²) in [6, 6.07) is 19.5. The summed E-state index contributed by atoms with van der Waals surface area (Å²) >= 11 is 0. The van der Waals surface area contributed by atoms with Crippen LogP contribution in [-0.2, 0) is 9.53 Å². The molecule has 0 saturated carbocycles. The van der Waals surface area contributed by atoms with Crippen molar-refractivity contribution in [2.75, 3.05) is 0 Å². The number of esters is 1. The van der Waals surface area contributed by atoms with Crippen LogP contribution in [0.25, 0.3) is 0 Å². The number of nitrogens with zero attached hydrogens (tertiary/aromatic N) is 1. The first-order valence-corrected chi connectivity index (χ1v) is 9.93. The van der Waals surface area contributed by atoms with Crippen LogP contribution in [0.2, 0.25) is 0 Å². The smallest absolute Gasteiger partial charge is 0.331 e. The molecule has 0 aliphatic heterocycles. The Morgan fingerprint density at radius 1 is 1.00 bits per heavy atom. The van der Waals surface area contributed by atoms with Crippen LogP contribution in [0.15, 0.2) is 78.3 Å². The van der Waals surface area contributed by atoms with Crippen molar-refractivity contribution < 1.29 is 9.53 Å². The Kier molecular flexibility index (Phi) is 8.19. The van der Waals surface area contributed by atoms with Crippen molar-refractivity contribution in [3.8, 4) is 0 Å². The lowest BCUT2D eigenvalue weighted by Crippen LogP contribution is -2.31. The molecule has 3 nitrogen and oxygen atoms in total. The summed E-state index contributed by atoms with van der Waals surface area (Å²) in [6.45, 7) is 9.43. The summed E-state index contributed by atoms with van der Waals surface area (Å²) in [7, 11) is 0. The Labute approximate surface area is 169 Å². The number of carbonyl (C=O) groups excluding carboxylic acids is 1. The third-order valence-corrected chi connectivity index (χ3v) is 4.19. The van der Waals surface area contributed by atoms with Crippen LogP contribution < -0.4 is 0 Å². The van der Waals surface area contributed by atoms with E-state index in [1.165, 1.54) is 0 Å². The molecule has 0 amide bonds. The molecule has 0 aliphatic rings. The number of allylic oxidation sites excluding steroid dienone is 1. The molecular formula is C25H31NO2. The lowest BCUT2D eigenvalue weighted by Gasteiger charge is -2.23. The number of unbranched alkanes of at least 4 members (excludes halogenated alkanes) is 2. The predicted molar refractivity (Wildman–Crippen MR) is 117 cm³/mol. The molecule has 0 bridgehead atoms. The van der Waals surface area contributed by atoms with Crippen LogP contribution in [0.3, 0.4) is 0 Å². The lowest BCUT2D eigenvalue weighted by atomic mass is 10.0. The van der Waals surface area contributed by atoms with Gasteiger partial charge in [0.25, 0.3) is 0 Å². The number of carbonyl (C=O) groups is 1. The molecule has 0 spiro atoms. The van der Waals surface area contributed by atoms with Gasteiger partial charge in [-0.25, -0.2) is 4.79 Å². The maximum absolute atomic E-state index is 12.9. The van der Waals surface area contributed by atoms with E-state index in [1.54, 1.807) is 0 Å². The lowest BCUT2D eigenvalue weighted by molar-refractivity contribution is -0.156. The van der Waals surface area contributed by atoms with Crippen molar-refractivity contribution in [2.24, 2.45) is 4.99 Å². The fourth-order valence-corrected chi connectivity index (χ4v) is 2.89. The number of benzene rings is 2. The van der Waals surface area contributed by atoms with Crippen LogP contribution in [0, 0.1) is 0 Å². The quantitative estimate of drug-likeness (QED) is 0.233. The number of aliphatic imine (C=N–C) groups is 1. The molecule has 1 unspecified atom stereocenters. The summed E-state index contributed by atoms with van der Waals surface area (Å²) in [6.07, 6.45) is 5.40. The molecule has 3 heteroatoms. The molecule has 1 atom stereocenters. The fourth-order valence-electron chi connectivity index (χ4n) is 2.89. The molecule has 0 fully saturated rings. The Morgan fingerprint density at radius 2 is 1.54 bits per heavy atom. The largest absolute Gasteiger partial charge is 0.458 e. The highest BCUT2D eigenvalue weighted by atomic mass is 16.6. The van der Waals surface area contributed by atoms with Crippen LogP contribution in [0.1, 0.15) is 57.6 Å². The molecule has 0 aromatic heterocycles. The van der Waals surface area contributed by atoms with Gasteiger partial charge in [-0.2, -0.15) is 0 Å². The molecule has 2 aromatic rings. The Balaban J connectivity index is 2.39. The number of hydrogen-bond donors (Lipinski definition) is 0. The van der Waals surface area contributed by atoms with Crippen LogP contribution in [-0.4, -0.2) is 23.3 Å². The van der Waals surface area contributed by atoms with E-state index in [9.17, 15) is 4.79 Å². The molecular weight excluding hydrogens is 346 g/mol. The third-order valence-electron chi connectivity index (χ3n) is 4.19. The van der Waals surface area contributed by atoms with Gasteiger partial charge in [0.05, 0.1) is 5.71 Å². The molecule has 0 heterocycles. The summed E-state index contributed by atoms with van der Waals surface area (Å²) in [4.78, 5) is 17.8. The second-order valence-electron chi connectivity index (χ2n) is 7.83. The van der Waals surface area contributed by atoms with Gasteiger partial charge in [-0.1, -0.05) is 73.2 Å². The van der Waals surface area contributed by atoms with Crippen molar-refractivity contribution in [3.05, 3.63) is 84.4 Å². The van der Waals surface area contributed by atoms with Gasteiger partial charge in [-0.05, 0) is 40.0 Å². The number of rotatable bonds is 9. The SMILES string of the molecule is C=CCCCCC(N=C(c1ccccc1)c1ccccc1)C(=O)OC(C)(C)C. The van der Waals surface area contributed by atoms with E-state index in [4.69, 9.17) is 9.73 Å². The van der Waals surface area contributed by atoms with Crippen molar-refractivity contribution in [1.29, 1.82) is 0 Å². The summed E-state index contributed by atoms with van der Waals surface area (Å²) in [5.74, 6) is -0.268. The van der Waals surface area contributed by atoms with E-state index in [-0.39, 0.29) is 5.97 Å². The van der Waals surface area contributed by atoms with Crippen molar-refractivity contribution in [2.45, 2.75) is 58.1 Å². The first kappa shape index (κ1) is 21.6. The zero-order chi connectivity index (χ0) is 20.4. The first-order chi connectivity index (χ1) is 13.4. The van der Waals surface area contributed by atoms with Gasteiger partial charge in [0.15, 0.2) is 0 Å². The van der Waals surface area contributed by atoms with Gasteiger partial charge in [0, 0.05) is 11.1 Å². The average Bonchev–Trinajstić information content (AvgIpc) is 2.67. The van der Waals surface area contributed by atoms with Crippen LogP contribution >= 0.6 is 0 Å². The predicted octanol–water partition coefficient (Wildman–Crippen LogP) is 5.98.